The summed E-state index contributed by atoms with van der Waals surface area (Å²) in [6.45, 7) is 3.77. The summed E-state index contributed by atoms with van der Waals surface area (Å²) in [5.74, 6) is -0.427. The molecule has 0 saturated heterocycles. The molecule has 0 bridgehead atoms. The van der Waals surface area contributed by atoms with Crippen LogP contribution >= 0.6 is 23.2 Å². The molecule has 0 fully saturated rings. The van der Waals surface area contributed by atoms with E-state index in [4.69, 9.17) is 27.9 Å². The largest absolute Gasteiger partial charge is 0.451 e. The summed E-state index contributed by atoms with van der Waals surface area (Å²) < 4.78 is 5.28. The molecule has 2 heterocycles. The van der Waals surface area contributed by atoms with Gasteiger partial charge >= 0.3 is 5.97 Å². The van der Waals surface area contributed by atoms with E-state index in [0.717, 1.165) is 5.56 Å². The SMILES string of the molecule is CCC1(C)OC(=O)c2c1cc(Cl)nc2Cl. The second kappa shape index (κ2) is 3.35. The number of halogens is 2. The molecule has 0 N–H and O–H groups in total. The fraction of sp³-hybridized carbons (Fsp3) is 0.400. The normalized spacial score (nSPS) is 23.9. The lowest BCUT2D eigenvalue weighted by atomic mass is 9.93. The van der Waals surface area contributed by atoms with Crippen molar-refractivity contribution < 1.29 is 9.53 Å². The minimum atomic E-state index is -0.636. The molecule has 80 valence electrons. The Labute approximate surface area is 97.4 Å². The Kier molecular flexibility index (Phi) is 2.40. The molecule has 0 radical (unpaired) electrons. The first-order valence-corrected chi connectivity index (χ1v) is 5.33. The number of pyridine rings is 1. The summed E-state index contributed by atoms with van der Waals surface area (Å²) in [7, 11) is 0. The summed E-state index contributed by atoms with van der Waals surface area (Å²) in [6, 6.07) is 1.64. The van der Waals surface area contributed by atoms with Gasteiger partial charge in [0.2, 0.25) is 0 Å². The van der Waals surface area contributed by atoms with E-state index in [-0.39, 0.29) is 10.3 Å². The molecule has 0 saturated carbocycles. The molecule has 0 spiro atoms. The third kappa shape index (κ3) is 1.50. The van der Waals surface area contributed by atoms with Gasteiger partial charge in [-0.2, -0.15) is 0 Å². The van der Waals surface area contributed by atoms with Crippen molar-refractivity contribution in [1.29, 1.82) is 0 Å². The topological polar surface area (TPSA) is 39.2 Å². The van der Waals surface area contributed by atoms with Gasteiger partial charge in [-0.3, -0.25) is 0 Å². The highest BCUT2D eigenvalue weighted by Gasteiger charge is 2.42. The van der Waals surface area contributed by atoms with E-state index in [1.54, 1.807) is 6.07 Å². The van der Waals surface area contributed by atoms with Crippen molar-refractivity contribution in [3.05, 3.63) is 27.5 Å². The number of aromatic nitrogens is 1. The highest BCUT2D eigenvalue weighted by molar-refractivity contribution is 6.35. The maximum atomic E-state index is 11.6. The molecule has 0 aliphatic carbocycles. The van der Waals surface area contributed by atoms with Crippen molar-refractivity contribution in [2.45, 2.75) is 25.9 Å². The fourth-order valence-corrected chi connectivity index (χ4v) is 2.18. The molecule has 1 aromatic rings. The Morgan fingerprint density at radius 3 is 2.80 bits per heavy atom. The van der Waals surface area contributed by atoms with Crippen LogP contribution in [0, 0.1) is 0 Å². The summed E-state index contributed by atoms with van der Waals surface area (Å²) in [6.07, 6.45) is 0.669. The van der Waals surface area contributed by atoms with E-state index in [9.17, 15) is 4.79 Å². The average molecular weight is 246 g/mol. The highest BCUT2D eigenvalue weighted by atomic mass is 35.5. The molecule has 15 heavy (non-hydrogen) atoms. The van der Waals surface area contributed by atoms with Crippen molar-refractivity contribution in [3.8, 4) is 0 Å². The van der Waals surface area contributed by atoms with E-state index < -0.39 is 11.6 Å². The molecule has 1 unspecified atom stereocenters. The van der Waals surface area contributed by atoms with Crippen LogP contribution in [0.2, 0.25) is 10.3 Å². The number of hydrogen-bond donors (Lipinski definition) is 0. The van der Waals surface area contributed by atoms with Gasteiger partial charge in [-0.1, -0.05) is 30.1 Å². The predicted octanol–water partition coefficient (Wildman–Crippen LogP) is 3.18. The van der Waals surface area contributed by atoms with Crippen LogP contribution in [-0.4, -0.2) is 11.0 Å². The molecule has 1 aliphatic rings. The number of ether oxygens (including phenoxy) is 1. The van der Waals surface area contributed by atoms with E-state index in [2.05, 4.69) is 4.98 Å². The lowest BCUT2D eigenvalue weighted by Gasteiger charge is -2.21. The van der Waals surface area contributed by atoms with E-state index in [0.29, 0.717) is 12.0 Å². The standard InChI is InChI=1S/C10H9Cl2NO2/c1-3-10(2)5-4-6(11)13-8(12)7(5)9(14)15-10/h4H,3H2,1-2H3. The third-order valence-corrected chi connectivity index (χ3v) is 3.18. The van der Waals surface area contributed by atoms with Gasteiger partial charge in [-0.15, -0.1) is 0 Å². The summed E-state index contributed by atoms with van der Waals surface area (Å²) in [5.41, 5.74) is 0.424. The van der Waals surface area contributed by atoms with Crippen LogP contribution in [0.1, 0.15) is 36.2 Å². The first kappa shape index (κ1) is 10.7. The number of hydrogen-bond acceptors (Lipinski definition) is 3. The Hall–Kier alpha value is -0.800. The number of fused-ring (bicyclic) bond motifs is 1. The number of rotatable bonds is 1. The molecular weight excluding hydrogens is 237 g/mol. The number of carbonyl (C=O) groups is 1. The summed E-state index contributed by atoms with van der Waals surface area (Å²) >= 11 is 11.7. The number of nitrogens with zero attached hydrogens (tertiary/aromatic N) is 1. The summed E-state index contributed by atoms with van der Waals surface area (Å²) in [4.78, 5) is 15.4. The van der Waals surface area contributed by atoms with Gasteiger partial charge in [-0.25, -0.2) is 9.78 Å². The molecule has 5 heteroatoms. The van der Waals surface area contributed by atoms with Crippen molar-refractivity contribution in [2.24, 2.45) is 0 Å². The Morgan fingerprint density at radius 1 is 1.53 bits per heavy atom. The molecule has 1 atom stereocenters. The zero-order valence-electron chi connectivity index (χ0n) is 8.30. The van der Waals surface area contributed by atoms with Crippen LogP contribution in [0.25, 0.3) is 0 Å². The number of esters is 1. The van der Waals surface area contributed by atoms with Crippen molar-refractivity contribution in [3.63, 3.8) is 0 Å². The predicted molar refractivity (Wildman–Crippen MR) is 57.3 cm³/mol. The Morgan fingerprint density at radius 2 is 2.20 bits per heavy atom. The maximum absolute atomic E-state index is 11.6. The van der Waals surface area contributed by atoms with Crippen molar-refractivity contribution >= 4 is 29.2 Å². The van der Waals surface area contributed by atoms with Crippen molar-refractivity contribution in [2.75, 3.05) is 0 Å². The number of cyclic esters (lactones) is 1. The molecule has 2 rings (SSSR count). The van der Waals surface area contributed by atoms with Crippen molar-refractivity contribution in [1.82, 2.24) is 4.98 Å². The molecule has 1 aliphatic heterocycles. The quantitative estimate of drug-likeness (QED) is 0.564. The smallest absolute Gasteiger partial charge is 0.342 e. The first-order valence-electron chi connectivity index (χ1n) is 4.58. The number of carbonyl (C=O) groups excluding carboxylic acids is 1. The van der Waals surface area contributed by atoms with Crippen LogP contribution in [0.3, 0.4) is 0 Å². The zero-order valence-corrected chi connectivity index (χ0v) is 9.82. The van der Waals surface area contributed by atoms with Crippen LogP contribution in [-0.2, 0) is 10.3 Å². The Bertz CT molecular complexity index is 447. The van der Waals surface area contributed by atoms with Crippen LogP contribution in [0.15, 0.2) is 6.07 Å². The zero-order chi connectivity index (χ0) is 11.2. The second-order valence-corrected chi connectivity index (χ2v) is 4.38. The van der Waals surface area contributed by atoms with Gasteiger partial charge in [0.1, 0.15) is 21.5 Å². The van der Waals surface area contributed by atoms with Crippen LogP contribution in [0.4, 0.5) is 0 Å². The van der Waals surface area contributed by atoms with Gasteiger partial charge in [0, 0.05) is 5.56 Å². The van der Waals surface area contributed by atoms with Gasteiger partial charge in [0.25, 0.3) is 0 Å². The molecular formula is C10H9Cl2NO2. The molecule has 3 nitrogen and oxygen atoms in total. The van der Waals surface area contributed by atoms with E-state index in [1.165, 1.54) is 0 Å². The van der Waals surface area contributed by atoms with Gasteiger partial charge in [0.15, 0.2) is 0 Å². The van der Waals surface area contributed by atoms with E-state index in [1.807, 2.05) is 13.8 Å². The van der Waals surface area contributed by atoms with Crippen LogP contribution in [0.5, 0.6) is 0 Å². The molecule has 0 aromatic carbocycles. The highest BCUT2D eigenvalue weighted by Crippen LogP contribution is 2.41. The Balaban J connectivity index is 2.71. The minimum absolute atomic E-state index is 0.111. The lowest BCUT2D eigenvalue weighted by Crippen LogP contribution is -2.20. The fourth-order valence-electron chi connectivity index (χ4n) is 1.67. The van der Waals surface area contributed by atoms with Gasteiger partial charge in [0.05, 0.1) is 0 Å². The third-order valence-electron chi connectivity index (χ3n) is 2.71. The minimum Gasteiger partial charge on any atom is -0.451 e. The monoisotopic (exact) mass is 245 g/mol. The average Bonchev–Trinajstić information content (AvgIpc) is 2.39. The second-order valence-electron chi connectivity index (χ2n) is 3.63. The van der Waals surface area contributed by atoms with Gasteiger partial charge in [-0.05, 0) is 19.4 Å². The van der Waals surface area contributed by atoms with E-state index >= 15 is 0 Å². The molecule has 0 amide bonds. The molecule has 1 aromatic heterocycles. The maximum Gasteiger partial charge on any atom is 0.342 e. The summed E-state index contributed by atoms with van der Waals surface area (Å²) in [5, 5.41) is 0.386. The lowest BCUT2D eigenvalue weighted by molar-refractivity contribution is -0.000763. The first-order chi connectivity index (χ1) is 6.98. The van der Waals surface area contributed by atoms with Gasteiger partial charge < -0.3 is 4.74 Å². The van der Waals surface area contributed by atoms with Crippen LogP contribution < -0.4 is 0 Å².